The van der Waals surface area contributed by atoms with Crippen molar-refractivity contribution < 1.29 is 0 Å². The summed E-state index contributed by atoms with van der Waals surface area (Å²) < 4.78 is 0. The van der Waals surface area contributed by atoms with Crippen LogP contribution in [0.1, 0.15) is 71.6 Å². The molecular formula is C17H33N3. The van der Waals surface area contributed by atoms with Crippen LogP contribution in [0.25, 0.3) is 0 Å². The predicted molar refractivity (Wildman–Crippen MR) is 86.1 cm³/mol. The van der Waals surface area contributed by atoms with Gasteiger partial charge in [-0.1, -0.05) is 33.1 Å². The Morgan fingerprint density at radius 1 is 1.10 bits per heavy atom. The minimum absolute atomic E-state index is 0.115. The zero-order valence-corrected chi connectivity index (χ0v) is 13.5. The molecule has 1 spiro atoms. The molecule has 2 aliphatic rings. The summed E-state index contributed by atoms with van der Waals surface area (Å²) in [4.78, 5) is 2.66. The number of likely N-dealkylation sites (tertiary alicyclic amines) is 1. The first-order valence-electron chi connectivity index (χ1n) is 8.51. The molecule has 2 fully saturated rings. The smallest absolute Gasteiger partial charge is 0.0963 e. The van der Waals surface area contributed by atoms with E-state index in [0.717, 1.165) is 11.8 Å². The summed E-state index contributed by atoms with van der Waals surface area (Å²) in [5.41, 5.74) is 6.26. The van der Waals surface area contributed by atoms with Gasteiger partial charge in [0.15, 0.2) is 0 Å². The summed E-state index contributed by atoms with van der Waals surface area (Å²) in [6, 6.07) is 0. The third kappa shape index (κ3) is 3.97. The van der Waals surface area contributed by atoms with Gasteiger partial charge in [0, 0.05) is 5.41 Å². The Bertz CT molecular complexity index is 319. The van der Waals surface area contributed by atoms with Crippen LogP contribution in [0.4, 0.5) is 0 Å². The van der Waals surface area contributed by atoms with Crippen LogP contribution in [0.3, 0.4) is 0 Å². The van der Waals surface area contributed by atoms with Crippen molar-refractivity contribution >= 4 is 5.84 Å². The lowest BCUT2D eigenvalue weighted by atomic mass is 9.77. The van der Waals surface area contributed by atoms with Crippen molar-refractivity contribution in [3.05, 3.63) is 0 Å². The molecule has 0 atom stereocenters. The Labute approximate surface area is 124 Å². The summed E-state index contributed by atoms with van der Waals surface area (Å²) in [6.45, 7) is 8.04. The lowest BCUT2D eigenvalue weighted by Crippen LogP contribution is -2.39. The lowest BCUT2D eigenvalue weighted by molar-refractivity contribution is 0.107. The molecule has 0 unspecified atom stereocenters. The van der Waals surface area contributed by atoms with Gasteiger partial charge in [-0.2, -0.15) is 0 Å². The number of nitrogens with one attached hydrogen (secondary N) is 1. The van der Waals surface area contributed by atoms with Gasteiger partial charge < -0.3 is 10.6 Å². The number of piperidine rings is 1. The van der Waals surface area contributed by atoms with Crippen molar-refractivity contribution in [2.45, 2.75) is 71.6 Å². The molecule has 116 valence electrons. The molecule has 1 saturated heterocycles. The summed E-state index contributed by atoms with van der Waals surface area (Å²) in [5, 5.41) is 7.59. The molecule has 2 rings (SSSR count). The van der Waals surface area contributed by atoms with Gasteiger partial charge in [-0.15, -0.1) is 0 Å². The molecule has 0 aromatic carbocycles. The van der Waals surface area contributed by atoms with Crippen LogP contribution in [-0.4, -0.2) is 30.4 Å². The van der Waals surface area contributed by atoms with E-state index in [2.05, 4.69) is 18.7 Å². The summed E-state index contributed by atoms with van der Waals surface area (Å²) in [6.07, 6.45) is 12.3. The minimum Gasteiger partial charge on any atom is -0.387 e. The Hall–Kier alpha value is -0.570. The van der Waals surface area contributed by atoms with Gasteiger partial charge in [-0.05, 0) is 63.6 Å². The van der Waals surface area contributed by atoms with Crippen LogP contribution >= 0.6 is 0 Å². The molecule has 3 N–H and O–H groups in total. The van der Waals surface area contributed by atoms with Gasteiger partial charge >= 0.3 is 0 Å². The molecule has 1 aliphatic carbocycles. The van der Waals surface area contributed by atoms with E-state index in [-0.39, 0.29) is 5.41 Å². The molecule has 0 bridgehead atoms. The highest BCUT2D eigenvalue weighted by atomic mass is 15.1. The third-order valence-corrected chi connectivity index (χ3v) is 5.84. The van der Waals surface area contributed by atoms with Crippen molar-refractivity contribution in [3.63, 3.8) is 0 Å². The predicted octanol–water partition coefficient (Wildman–Crippen LogP) is 3.78. The molecule has 3 heteroatoms. The zero-order chi connectivity index (χ0) is 14.6. The van der Waals surface area contributed by atoms with E-state index in [1.165, 1.54) is 71.0 Å². The SMILES string of the molecule is CC(C)(CCCCN1CCC2(CCCC2)CC1)C(=N)N. The van der Waals surface area contributed by atoms with Gasteiger partial charge in [-0.25, -0.2) is 0 Å². The summed E-state index contributed by atoms with van der Waals surface area (Å²) in [7, 11) is 0. The third-order valence-electron chi connectivity index (χ3n) is 5.84. The first-order valence-corrected chi connectivity index (χ1v) is 8.51. The molecular weight excluding hydrogens is 246 g/mol. The maximum atomic E-state index is 7.59. The van der Waals surface area contributed by atoms with Crippen LogP contribution in [0.5, 0.6) is 0 Å². The topological polar surface area (TPSA) is 53.1 Å². The monoisotopic (exact) mass is 279 g/mol. The Balaban J connectivity index is 1.61. The van der Waals surface area contributed by atoms with Gasteiger partial charge in [0.1, 0.15) is 0 Å². The number of amidine groups is 1. The van der Waals surface area contributed by atoms with Gasteiger partial charge in [-0.3, -0.25) is 5.41 Å². The average Bonchev–Trinajstić information content (AvgIpc) is 2.85. The molecule has 0 radical (unpaired) electrons. The molecule has 1 saturated carbocycles. The molecule has 1 aliphatic heterocycles. The maximum absolute atomic E-state index is 7.59. The molecule has 0 aromatic heterocycles. The van der Waals surface area contributed by atoms with E-state index in [9.17, 15) is 0 Å². The fourth-order valence-electron chi connectivity index (χ4n) is 3.91. The molecule has 20 heavy (non-hydrogen) atoms. The fraction of sp³-hybridized carbons (Fsp3) is 0.941. The number of nitrogens with zero attached hydrogens (tertiary/aromatic N) is 1. The second-order valence-corrected chi connectivity index (χ2v) is 7.80. The number of unbranched alkanes of at least 4 members (excludes halogenated alkanes) is 1. The fourth-order valence-corrected chi connectivity index (χ4v) is 3.91. The second-order valence-electron chi connectivity index (χ2n) is 7.80. The Morgan fingerprint density at radius 2 is 1.70 bits per heavy atom. The van der Waals surface area contributed by atoms with E-state index < -0.39 is 0 Å². The number of nitrogens with two attached hydrogens (primary N) is 1. The largest absolute Gasteiger partial charge is 0.387 e. The van der Waals surface area contributed by atoms with Crippen LogP contribution in [0.15, 0.2) is 0 Å². The van der Waals surface area contributed by atoms with Crippen molar-refractivity contribution in [2.24, 2.45) is 16.6 Å². The normalized spacial score (nSPS) is 23.3. The van der Waals surface area contributed by atoms with Crippen LogP contribution in [0, 0.1) is 16.2 Å². The van der Waals surface area contributed by atoms with E-state index in [4.69, 9.17) is 11.1 Å². The van der Waals surface area contributed by atoms with Crippen LogP contribution < -0.4 is 5.73 Å². The molecule has 0 amide bonds. The standard InChI is InChI=1S/C17H33N3/c1-16(2,15(18)19)7-5-6-12-20-13-10-17(11-14-20)8-3-4-9-17/h3-14H2,1-2H3,(H3,18,19). The van der Waals surface area contributed by atoms with Crippen molar-refractivity contribution in [1.82, 2.24) is 4.90 Å². The van der Waals surface area contributed by atoms with E-state index >= 15 is 0 Å². The van der Waals surface area contributed by atoms with Gasteiger partial charge in [0.25, 0.3) is 0 Å². The van der Waals surface area contributed by atoms with E-state index in [0.29, 0.717) is 5.84 Å². The zero-order valence-electron chi connectivity index (χ0n) is 13.5. The van der Waals surface area contributed by atoms with E-state index in [1.807, 2.05) is 0 Å². The summed E-state index contributed by atoms with van der Waals surface area (Å²) >= 11 is 0. The molecule has 3 nitrogen and oxygen atoms in total. The number of rotatable bonds is 6. The highest BCUT2D eigenvalue weighted by Gasteiger charge is 2.36. The quantitative estimate of drug-likeness (QED) is 0.442. The van der Waals surface area contributed by atoms with Crippen molar-refractivity contribution in [3.8, 4) is 0 Å². The number of hydrogen-bond donors (Lipinski definition) is 2. The molecule has 0 aromatic rings. The Kier molecular flexibility index (Phi) is 5.11. The van der Waals surface area contributed by atoms with Gasteiger partial charge in [0.05, 0.1) is 5.84 Å². The first kappa shape index (κ1) is 15.8. The first-order chi connectivity index (χ1) is 9.44. The van der Waals surface area contributed by atoms with Crippen LogP contribution in [0.2, 0.25) is 0 Å². The summed E-state index contributed by atoms with van der Waals surface area (Å²) in [5.74, 6) is 0.332. The van der Waals surface area contributed by atoms with Crippen LogP contribution in [-0.2, 0) is 0 Å². The second kappa shape index (κ2) is 6.46. The molecule has 1 heterocycles. The average molecular weight is 279 g/mol. The lowest BCUT2D eigenvalue weighted by Gasteiger charge is -2.39. The van der Waals surface area contributed by atoms with Gasteiger partial charge in [0.2, 0.25) is 0 Å². The van der Waals surface area contributed by atoms with E-state index in [1.54, 1.807) is 0 Å². The minimum atomic E-state index is -0.115. The number of hydrogen-bond acceptors (Lipinski definition) is 2. The maximum Gasteiger partial charge on any atom is 0.0963 e. The van der Waals surface area contributed by atoms with Crippen molar-refractivity contribution in [1.29, 1.82) is 5.41 Å². The Morgan fingerprint density at radius 3 is 2.25 bits per heavy atom. The highest BCUT2D eigenvalue weighted by molar-refractivity contribution is 5.82. The van der Waals surface area contributed by atoms with Crippen molar-refractivity contribution in [2.75, 3.05) is 19.6 Å². The highest BCUT2D eigenvalue weighted by Crippen LogP contribution is 2.46.